The van der Waals surface area contributed by atoms with E-state index in [9.17, 15) is 18.0 Å². The van der Waals surface area contributed by atoms with Crippen LogP contribution in [0.2, 0.25) is 5.02 Å². The fourth-order valence-electron chi connectivity index (χ4n) is 5.04. The molecule has 2 aliphatic rings. The van der Waals surface area contributed by atoms with Crippen LogP contribution in [0, 0.1) is 5.41 Å². The minimum Gasteiger partial charge on any atom is -0.489 e. The summed E-state index contributed by atoms with van der Waals surface area (Å²) in [5, 5.41) is 1.63. The maximum absolute atomic E-state index is 12.7. The Morgan fingerprint density at radius 2 is 1.90 bits per heavy atom. The van der Waals surface area contributed by atoms with E-state index in [1.165, 1.54) is 0 Å². The molecule has 2 aromatic rings. The highest BCUT2D eigenvalue weighted by molar-refractivity contribution is 6.32. The number of hydrogen-bond donors (Lipinski definition) is 2. The summed E-state index contributed by atoms with van der Waals surface area (Å²) in [5.74, 6) is 0.534. The number of pyridine rings is 1. The number of aromatic nitrogens is 1. The van der Waals surface area contributed by atoms with E-state index in [1.54, 1.807) is 24.4 Å². The normalized spacial score (nSPS) is 25.5. The van der Waals surface area contributed by atoms with Crippen LogP contribution in [0.15, 0.2) is 29.2 Å². The van der Waals surface area contributed by atoms with Crippen molar-refractivity contribution in [2.45, 2.75) is 82.0 Å². The van der Waals surface area contributed by atoms with Gasteiger partial charge >= 0.3 is 6.18 Å². The van der Waals surface area contributed by atoms with Crippen molar-refractivity contribution in [3.63, 3.8) is 0 Å². The quantitative estimate of drug-likeness (QED) is 0.528. The molecule has 170 valence electrons. The molecule has 1 heterocycles. The highest BCUT2D eigenvalue weighted by Gasteiger charge is 2.47. The first kappa shape index (κ1) is 22.5. The van der Waals surface area contributed by atoms with Crippen LogP contribution in [0.1, 0.15) is 64.2 Å². The number of hydrogen-bond acceptors (Lipinski definition) is 3. The maximum Gasteiger partial charge on any atom is 0.389 e. The predicted molar refractivity (Wildman–Crippen MR) is 116 cm³/mol. The Labute approximate surface area is 184 Å². The number of halogens is 4. The second-order valence-corrected chi connectivity index (χ2v) is 9.91. The molecule has 0 amide bonds. The van der Waals surface area contributed by atoms with Gasteiger partial charge in [-0.1, -0.05) is 11.6 Å². The molecule has 0 spiro atoms. The molecule has 31 heavy (non-hydrogen) atoms. The zero-order valence-electron chi connectivity index (χ0n) is 17.4. The Kier molecular flexibility index (Phi) is 6.03. The van der Waals surface area contributed by atoms with E-state index in [-0.39, 0.29) is 29.0 Å². The van der Waals surface area contributed by atoms with Gasteiger partial charge in [-0.2, -0.15) is 13.2 Å². The summed E-state index contributed by atoms with van der Waals surface area (Å²) in [5.41, 5.74) is 5.82. The summed E-state index contributed by atoms with van der Waals surface area (Å²) >= 11 is 6.36. The minimum atomic E-state index is -4.12. The van der Waals surface area contributed by atoms with Crippen molar-refractivity contribution in [1.29, 1.82) is 0 Å². The van der Waals surface area contributed by atoms with Gasteiger partial charge in [0.15, 0.2) is 0 Å². The Morgan fingerprint density at radius 3 is 2.55 bits per heavy atom. The van der Waals surface area contributed by atoms with Crippen molar-refractivity contribution in [3.8, 4) is 5.75 Å². The number of aromatic amines is 1. The molecule has 1 aromatic carbocycles. The van der Waals surface area contributed by atoms with Gasteiger partial charge in [-0.05, 0) is 86.8 Å². The number of nitrogens with one attached hydrogen (secondary N) is 1. The first-order chi connectivity index (χ1) is 14.6. The van der Waals surface area contributed by atoms with Crippen LogP contribution in [0.5, 0.6) is 5.75 Å². The Morgan fingerprint density at radius 1 is 1.19 bits per heavy atom. The van der Waals surface area contributed by atoms with Gasteiger partial charge < -0.3 is 15.5 Å². The summed E-state index contributed by atoms with van der Waals surface area (Å²) in [6.07, 6.45) is 3.21. The fourth-order valence-corrected chi connectivity index (χ4v) is 5.25. The molecule has 4 nitrogen and oxygen atoms in total. The molecular formula is C23H28ClF3N2O2. The number of alkyl halides is 3. The van der Waals surface area contributed by atoms with E-state index in [2.05, 4.69) is 4.98 Å². The zero-order chi connectivity index (χ0) is 22.3. The second kappa shape index (κ2) is 8.32. The van der Waals surface area contributed by atoms with Crippen LogP contribution in [0.3, 0.4) is 0 Å². The fraction of sp³-hybridized carbons (Fsp3) is 0.609. The molecule has 1 aromatic heterocycles. The van der Waals surface area contributed by atoms with Gasteiger partial charge in [0.1, 0.15) is 5.75 Å². The molecule has 2 fully saturated rings. The average molecular weight is 457 g/mol. The van der Waals surface area contributed by atoms with E-state index in [1.807, 2.05) is 0 Å². The summed E-state index contributed by atoms with van der Waals surface area (Å²) in [7, 11) is 0. The molecule has 2 saturated carbocycles. The van der Waals surface area contributed by atoms with E-state index in [0.717, 1.165) is 50.3 Å². The number of ether oxygens (including phenoxy) is 1. The van der Waals surface area contributed by atoms with Gasteiger partial charge in [0, 0.05) is 23.5 Å². The number of fused-ring (bicyclic) bond motifs is 1. The third kappa shape index (κ3) is 5.55. The standard InChI is InChI=1S/C23H28ClF3N2O2/c24-18-13-17-15(4-11-29-20(17)30)12-19(18)31-16-2-7-21(8-3-16,14-22(28)9-10-22)5-1-6-23(25,26)27/h4,11-13,16H,1-3,5-10,14,28H2,(H,29,30)/t16-,21-. The first-order valence-corrected chi connectivity index (χ1v) is 11.3. The lowest BCUT2D eigenvalue weighted by molar-refractivity contribution is -0.137. The monoisotopic (exact) mass is 456 g/mol. The second-order valence-electron chi connectivity index (χ2n) is 9.50. The summed E-state index contributed by atoms with van der Waals surface area (Å²) in [6.45, 7) is 0. The Bertz CT molecular complexity index is 992. The predicted octanol–water partition coefficient (Wildman–Crippen LogP) is 6.10. The van der Waals surface area contributed by atoms with Crippen LogP contribution in [-0.2, 0) is 0 Å². The lowest BCUT2D eigenvalue weighted by Gasteiger charge is -2.42. The number of H-pyrrole nitrogens is 1. The molecule has 0 aliphatic heterocycles. The molecule has 0 atom stereocenters. The Hall–Kier alpha value is -1.73. The molecule has 0 saturated heterocycles. The molecule has 3 N–H and O–H groups in total. The van der Waals surface area contributed by atoms with Crippen molar-refractivity contribution in [3.05, 3.63) is 39.8 Å². The van der Waals surface area contributed by atoms with E-state index in [0.29, 0.717) is 22.6 Å². The maximum atomic E-state index is 12.7. The highest BCUT2D eigenvalue weighted by atomic mass is 35.5. The smallest absolute Gasteiger partial charge is 0.389 e. The van der Waals surface area contributed by atoms with Gasteiger partial charge in [0.05, 0.1) is 11.1 Å². The van der Waals surface area contributed by atoms with Crippen molar-refractivity contribution >= 4 is 22.4 Å². The van der Waals surface area contributed by atoms with Crippen molar-refractivity contribution in [2.24, 2.45) is 11.1 Å². The van der Waals surface area contributed by atoms with E-state index >= 15 is 0 Å². The first-order valence-electron chi connectivity index (χ1n) is 10.9. The molecule has 2 aliphatic carbocycles. The van der Waals surface area contributed by atoms with Gasteiger partial charge in [0.2, 0.25) is 0 Å². The molecule has 0 radical (unpaired) electrons. The van der Waals surface area contributed by atoms with Crippen LogP contribution in [0.4, 0.5) is 13.2 Å². The third-order valence-electron chi connectivity index (χ3n) is 6.90. The van der Waals surface area contributed by atoms with Crippen LogP contribution < -0.4 is 16.0 Å². The highest BCUT2D eigenvalue weighted by Crippen LogP contribution is 2.52. The molecule has 4 rings (SSSR count). The lowest BCUT2D eigenvalue weighted by Crippen LogP contribution is -2.38. The molecule has 0 unspecified atom stereocenters. The number of nitrogens with two attached hydrogens (primary N) is 1. The van der Waals surface area contributed by atoms with Gasteiger partial charge in [-0.25, -0.2) is 0 Å². The van der Waals surface area contributed by atoms with Crippen molar-refractivity contribution in [2.75, 3.05) is 0 Å². The lowest BCUT2D eigenvalue weighted by atomic mass is 9.66. The van der Waals surface area contributed by atoms with Crippen LogP contribution >= 0.6 is 11.6 Å². The topological polar surface area (TPSA) is 68.1 Å². The van der Waals surface area contributed by atoms with Gasteiger partial charge in [-0.3, -0.25) is 4.79 Å². The van der Waals surface area contributed by atoms with Crippen molar-refractivity contribution in [1.82, 2.24) is 4.98 Å². The van der Waals surface area contributed by atoms with Crippen molar-refractivity contribution < 1.29 is 17.9 Å². The average Bonchev–Trinajstić information content (AvgIpc) is 3.40. The van der Waals surface area contributed by atoms with E-state index in [4.69, 9.17) is 22.1 Å². The zero-order valence-corrected chi connectivity index (χ0v) is 18.1. The largest absolute Gasteiger partial charge is 0.489 e. The summed E-state index contributed by atoms with van der Waals surface area (Å²) in [4.78, 5) is 14.6. The SMILES string of the molecule is NC1(C[C@]2(CCCC(F)(F)F)CC[C@@H](Oc3cc4cc[nH]c(=O)c4cc3Cl)CC2)CC1. The summed E-state index contributed by atoms with van der Waals surface area (Å²) < 4.78 is 44.2. The van der Waals surface area contributed by atoms with E-state index < -0.39 is 12.6 Å². The van der Waals surface area contributed by atoms with Crippen LogP contribution in [0.25, 0.3) is 10.8 Å². The molecule has 8 heteroatoms. The molecular weight excluding hydrogens is 429 g/mol. The third-order valence-corrected chi connectivity index (χ3v) is 7.19. The number of benzene rings is 1. The minimum absolute atomic E-state index is 0.0550. The molecule has 0 bridgehead atoms. The van der Waals surface area contributed by atoms with Crippen LogP contribution in [-0.4, -0.2) is 22.8 Å². The number of rotatable bonds is 7. The van der Waals surface area contributed by atoms with Gasteiger partial charge in [0.25, 0.3) is 5.56 Å². The summed E-state index contributed by atoms with van der Waals surface area (Å²) in [6, 6.07) is 5.18. The van der Waals surface area contributed by atoms with Gasteiger partial charge in [-0.15, -0.1) is 0 Å². The Balaban J connectivity index is 1.42.